The topological polar surface area (TPSA) is 49.9 Å². The molecule has 0 radical (unpaired) electrons. The zero-order chi connectivity index (χ0) is 23.7. The van der Waals surface area contributed by atoms with Crippen LogP contribution < -0.4 is 4.90 Å². The fraction of sp³-hybridized carbons (Fsp3) is 0.545. The summed E-state index contributed by atoms with van der Waals surface area (Å²) in [5.74, 6) is 0.0711. The van der Waals surface area contributed by atoms with E-state index in [1.807, 2.05) is 30.3 Å². The second-order valence-electron chi connectivity index (χ2n) is 7.55. The van der Waals surface area contributed by atoms with Crippen LogP contribution in [0.2, 0.25) is 0 Å². The Bertz CT molecular complexity index is 760. The molecule has 32 heavy (non-hydrogen) atoms. The number of carbonyl (C=O) groups excluding carboxylic acids is 2. The summed E-state index contributed by atoms with van der Waals surface area (Å²) in [5, 5.41) is -0.168. The Morgan fingerprint density at radius 2 is 1.84 bits per heavy atom. The molecule has 0 heterocycles. The summed E-state index contributed by atoms with van der Waals surface area (Å²) in [6.07, 6.45) is 3.81. The number of alkyl halides is 5. The Kier molecular flexibility index (Phi) is 11.3. The van der Waals surface area contributed by atoms with Gasteiger partial charge in [0.15, 0.2) is 0 Å². The van der Waals surface area contributed by atoms with Crippen molar-refractivity contribution in [3.63, 3.8) is 0 Å². The second-order valence-corrected chi connectivity index (χ2v) is 11.1. The van der Waals surface area contributed by atoms with Crippen LogP contribution in [-0.4, -0.2) is 57.2 Å². The molecule has 1 aliphatic rings. The third-order valence-electron chi connectivity index (χ3n) is 5.22. The first-order chi connectivity index (χ1) is 15.2. The number of amides is 2. The normalized spacial score (nSPS) is 21.3. The summed E-state index contributed by atoms with van der Waals surface area (Å²) in [7, 11) is 0. The van der Waals surface area contributed by atoms with Gasteiger partial charge in [0.1, 0.15) is 6.61 Å². The number of hydrogen-bond donors (Lipinski definition) is 0. The Morgan fingerprint density at radius 3 is 2.44 bits per heavy atom. The molecule has 0 aliphatic heterocycles. The Morgan fingerprint density at radius 1 is 1.16 bits per heavy atom. The zero-order valence-electron chi connectivity index (χ0n) is 17.6. The smallest absolute Gasteiger partial charge is 0.410 e. The van der Waals surface area contributed by atoms with Crippen molar-refractivity contribution < 1.29 is 14.3 Å². The van der Waals surface area contributed by atoms with Gasteiger partial charge in [0, 0.05) is 29.9 Å². The van der Waals surface area contributed by atoms with Crippen molar-refractivity contribution in [2.45, 2.75) is 53.4 Å². The predicted molar refractivity (Wildman–Crippen MR) is 133 cm³/mol. The largest absolute Gasteiger partial charge is 0.445 e. The van der Waals surface area contributed by atoms with E-state index in [1.54, 1.807) is 11.0 Å². The number of nitrogens with zero attached hydrogens (tertiary/aromatic N) is 2. The summed E-state index contributed by atoms with van der Waals surface area (Å²) in [6, 6.07) is 8.58. The van der Waals surface area contributed by atoms with Gasteiger partial charge in [-0.25, -0.2) is 4.79 Å². The Hall–Kier alpha value is -0.850. The zero-order valence-corrected chi connectivity index (χ0v) is 21.3. The molecule has 178 valence electrons. The van der Waals surface area contributed by atoms with Crippen LogP contribution in [0.25, 0.3) is 0 Å². The van der Waals surface area contributed by atoms with Crippen molar-refractivity contribution in [3.8, 4) is 0 Å². The maximum absolute atomic E-state index is 13.2. The molecule has 1 saturated carbocycles. The van der Waals surface area contributed by atoms with E-state index in [0.717, 1.165) is 18.5 Å². The first-order valence-corrected chi connectivity index (χ1v) is 12.5. The van der Waals surface area contributed by atoms with Gasteiger partial charge in [0.25, 0.3) is 0 Å². The van der Waals surface area contributed by atoms with E-state index in [0.29, 0.717) is 12.8 Å². The first kappa shape index (κ1) is 27.4. The van der Waals surface area contributed by atoms with Gasteiger partial charge >= 0.3 is 6.09 Å². The lowest BCUT2D eigenvalue weighted by Crippen LogP contribution is -2.56. The number of benzene rings is 1. The van der Waals surface area contributed by atoms with E-state index in [-0.39, 0.29) is 36.2 Å². The molecule has 0 saturated heterocycles. The molecule has 10 heteroatoms. The van der Waals surface area contributed by atoms with Crippen LogP contribution in [0.5, 0.6) is 0 Å². The van der Waals surface area contributed by atoms with E-state index in [1.165, 1.54) is 4.90 Å². The monoisotopic (exact) mass is 542 g/mol. The van der Waals surface area contributed by atoms with E-state index < -0.39 is 22.5 Å². The molecule has 0 aromatic heterocycles. The lowest BCUT2D eigenvalue weighted by atomic mass is 9.98. The molecule has 2 amide bonds. The highest BCUT2D eigenvalue weighted by Gasteiger charge is 2.40. The number of anilines is 1. The van der Waals surface area contributed by atoms with Crippen molar-refractivity contribution >= 4 is 75.7 Å². The Balaban J connectivity index is 2.45. The van der Waals surface area contributed by atoms with Gasteiger partial charge in [0.2, 0.25) is 9.70 Å². The van der Waals surface area contributed by atoms with E-state index in [2.05, 4.69) is 6.58 Å². The molecular weight excluding hydrogens is 518 g/mol. The molecule has 1 unspecified atom stereocenters. The number of hydrogen-bond acceptors (Lipinski definition) is 3. The number of rotatable bonds is 8. The fourth-order valence-corrected chi connectivity index (χ4v) is 4.60. The third kappa shape index (κ3) is 8.18. The van der Waals surface area contributed by atoms with E-state index in [4.69, 9.17) is 62.7 Å². The maximum atomic E-state index is 13.2. The molecule has 1 aliphatic carbocycles. The summed E-state index contributed by atoms with van der Waals surface area (Å²) in [4.78, 5) is 29.5. The van der Waals surface area contributed by atoms with Crippen molar-refractivity contribution in [1.29, 1.82) is 0 Å². The van der Waals surface area contributed by atoms with Crippen LogP contribution in [-0.2, 0) is 9.53 Å². The van der Waals surface area contributed by atoms with Crippen LogP contribution in [0.3, 0.4) is 0 Å². The van der Waals surface area contributed by atoms with Crippen molar-refractivity contribution in [2.24, 2.45) is 0 Å². The maximum Gasteiger partial charge on any atom is 0.410 e. The number of halogens is 5. The molecule has 5 nitrogen and oxygen atoms in total. The molecule has 0 N–H and O–H groups in total. The fourth-order valence-electron chi connectivity index (χ4n) is 3.94. The molecular formula is C22H27Cl5N2O3. The minimum atomic E-state index is -1.74. The minimum Gasteiger partial charge on any atom is -0.445 e. The van der Waals surface area contributed by atoms with E-state index >= 15 is 0 Å². The number of carbonyl (C=O) groups is 2. The molecule has 1 aromatic carbocycles. The molecule has 1 fully saturated rings. The number of para-hydroxylation sites is 1. The lowest BCUT2D eigenvalue weighted by molar-refractivity contribution is -0.119. The summed E-state index contributed by atoms with van der Waals surface area (Å²) in [5.41, 5.74) is 0.735. The summed E-state index contributed by atoms with van der Waals surface area (Å²) >= 11 is 29.8. The molecule has 3 atom stereocenters. The number of ether oxygens (including phenoxy) is 1. The second kappa shape index (κ2) is 13.1. The lowest BCUT2D eigenvalue weighted by Gasteiger charge is -2.41. The summed E-state index contributed by atoms with van der Waals surface area (Å²) < 4.78 is 3.53. The van der Waals surface area contributed by atoms with Crippen molar-refractivity contribution in [2.75, 3.05) is 23.9 Å². The minimum absolute atomic E-state index is 0.123. The van der Waals surface area contributed by atoms with Gasteiger partial charge < -0.3 is 9.64 Å². The van der Waals surface area contributed by atoms with Gasteiger partial charge in [-0.3, -0.25) is 9.69 Å². The van der Waals surface area contributed by atoms with Crippen molar-refractivity contribution in [1.82, 2.24) is 4.90 Å². The highest BCUT2D eigenvalue weighted by Crippen LogP contribution is 2.33. The van der Waals surface area contributed by atoms with Crippen LogP contribution >= 0.6 is 58.0 Å². The van der Waals surface area contributed by atoms with Crippen molar-refractivity contribution in [3.05, 3.63) is 43.0 Å². The van der Waals surface area contributed by atoms with Gasteiger partial charge in [-0.1, -0.05) is 59.1 Å². The third-order valence-corrected chi connectivity index (χ3v) is 6.13. The van der Waals surface area contributed by atoms with Crippen LogP contribution in [0.15, 0.2) is 43.0 Å². The quantitative estimate of drug-likeness (QED) is 0.212. The van der Waals surface area contributed by atoms with Gasteiger partial charge in [-0.2, -0.15) is 0 Å². The summed E-state index contributed by atoms with van der Waals surface area (Å²) in [6.45, 7) is 3.55. The molecule has 0 spiro atoms. The van der Waals surface area contributed by atoms with E-state index in [9.17, 15) is 9.59 Å². The highest BCUT2D eigenvalue weighted by molar-refractivity contribution is 6.67. The standard InChI is InChI=1S/C22H27Cl5N2O3/c1-2-13-28(21(31)32-15-22(25,26)27)19-14-16(24)7-6-10-18(19)29(20(30)11-12-23)17-8-4-3-5-9-17/h2-5,8-9,16,18-19H,1,6-7,10-15H2/t16?,18-,19-/m1/s1. The average Bonchev–Trinajstić information content (AvgIpc) is 2.92. The molecule has 1 aromatic rings. The van der Waals surface area contributed by atoms with Gasteiger partial charge in [0.05, 0.1) is 12.1 Å². The predicted octanol–water partition coefficient (Wildman–Crippen LogP) is 6.56. The van der Waals surface area contributed by atoms with Crippen LogP contribution in [0.1, 0.15) is 32.1 Å². The first-order valence-electron chi connectivity index (χ1n) is 10.4. The average molecular weight is 545 g/mol. The van der Waals surface area contributed by atoms with Gasteiger partial charge in [-0.15, -0.1) is 29.8 Å². The Labute approximate surface area is 214 Å². The molecule has 0 bridgehead atoms. The van der Waals surface area contributed by atoms with Gasteiger partial charge in [-0.05, 0) is 37.8 Å². The van der Waals surface area contributed by atoms with Crippen LogP contribution in [0.4, 0.5) is 10.5 Å². The SMILES string of the molecule is C=CCN(C(=O)OCC(Cl)(Cl)Cl)[C@@H]1CC(Cl)CCC[C@H]1N(C(=O)CCCl)c1ccccc1. The highest BCUT2D eigenvalue weighted by atomic mass is 35.6. The molecule has 2 rings (SSSR count). The van der Waals surface area contributed by atoms with Crippen LogP contribution in [0, 0.1) is 0 Å².